The van der Waals surface area contributed by atoms with Crippen LogP contribution in [0.1, 0.15) is 10.4 Å². The zero-order chi connectivity index (χ0) is 19.6. The van der Waals surface area contributed by atoms with Gasteiger partial charge in [0.05, 0.1) is 32.2 Å². The molecule has 1 N–H and O–H groups in total. The van der Waals surface area contributed by atoms with E-state index in [9.17, 15) is 9.59 Å². The van der Waals surface area contributed by atoms with Crippen LogP contribution < -0.4 is 25.0 Å². The first-order valence-corrected chi connectivity index (χ1v) is 8.18. The maximum Gasteiger partial charge on any atom is 0.261 e. The molecule has 3 rings (SSSR count). The molecule has 0 bridgehead atoms. The van der Waals surface area contributed by atoms with E-state index in [4.69, 9.17) is 14.2 Å². The number of hydrogen-bond donors (Lipinski definition) is 1. The molecule has 2 aromatic carbocycles. The van der Waals surface area contributed by atoms with Crippen LogP contribution >= 0.6 is 0 Å². The summed E-state index contributed by atoms with van der Waals surface area (Å²) in [4.78, 5) is 25.6. The van der Waals surface area contributed by atoms with Gasteiger partial charge in [-0.1, -0.05) is 0 Å². The summed E-state index contributed by atoms with van der Waals surface area (Å²) in [5, 5.41) is 3.14. The molecule has 27 heavy (non-hydrogen) atoms. The number of pyridine rings is 1. The topological polar surface area (TPSA) is 78.8 Å². The van der Waals surface area contributed by atoms with Crippen molar-refractivity contribution in [3.63, 3.8) is 0 Å². The number of hydrogen-bond acceptors (Lipinski definition) is 5. The molecule has 1 amide bonds. The van der Waals surface area contributed by atoms with Crippen LogP contribution in [0.25, 0.3) is 10.9 Å². The number of rotatable bonds is 5. The molecule has 1 aromatic heterocycles. The van der Waals surface area contributed by atoms with Crippen molar-refractivity contribution in [1.29, 1.82) is 0 Å². The number of aryl methyl sites for hydroxylation is 1. The second-order valence-corrected chi connectivity index (χ2v) is 5.92. The molecule has 0 aliphatic carbocycles. The minimum absolute atomic E-state index is 0.0278. The smallest absolute Gasteiger partial charge is 0.261 e. The number of ether oxygens (including phenoxy) is 3. The average Bonchev–Trinajstić information content (AvgIpc) is 2.69. The first-order valence-electron chi connectivity index (χ1n) is 8.18. The fourth-order valence-electron chi connectivity index (χ4n) is 2.84. The van der Waals surface area contributed by atoms with Crippen LogP contribution in [0.15, 0.2) is 47.4 Å². The van der Waals surface area contributed by atoms with Crippen LogP contribution in [0.3, 0.4) is 0 Å². The Morgan fingerprint density at radius 3 is 2.15 bits per heavy atom. The molecule has 0 aliphatic rings. The van der Waals surface area contributed by atoms with Gasteiger partial charge in [0.25, 0.3) is 5.91 Å². The number of methoxy groups -OCH3 is 3. The summed E-state index contributed by atoms with van der Waals surface area (Å²) in [5.74, 6) is 1.09. The van der Waals surface area contributed by atoms with Crippen LogP contribution in [0.2, 0.25) is 0 Å². The van der Waals surface area contributed by atoms with E-state index in [0.29, 0.717) is 33.8 Å². The van der Waals surface area contributed by atoms with Gasteiger partial charge in [-0.05, 0) is 18.2 Å². The fraction of sp³-hybridized carbons (Fsp3) is 0.200. The number of carbonyl (C=O) groups is 1. The van der Waals surface area contributed by atoms with E-state index in [-0.39, 0.29) is 11.0 Å². The summed E-state index contributed by atoms with van der Waals surface area (Å²) in [6, 6.07) is 10.2. The summed E-state index contributed by atoms with van der Waals surface area (Å²) in [6.45, 7) is 0. The average molecular weight is 368 g/mol. The second-order valence-electron chi connectivity index (χ2n) is 5.92. The molecule has 0 spiro atoms. The first-order chi connectivity index (χ1) is 13.0. The van der Waals surface area contributed by atoms with E-state index >= 15 is 0 Å². The van der Waals surface area contributed by atoms with Crippen molar-refractivity contribution in [2.24, 2.45) is 7.05 Å². The third kappa shape index (κ3) is 3.57. The van der Waals surface area contributed by atoms with Gasteiger partial charge in [-0.15, -0.1) is 0 Å². The lowest BCUT2D eigenvalue weighted by atomic mass is 10.1. The van der Waals surface area contributed by atoms with Crippen LogP contribution in [0.5, 0.6) is 17.2 Å². The SMILES string of the molecule is COc1cc(NC(=O)c2cn(C)c3ccc(OC)cc3c2=O)cc(OC)c1. The summed E-state index contributed by atoms with van der Waals surface area (Å²) in [7, 11) is 6.34. The lowest BCUT2D eigenvalue weighted by molar-refractivity contribution is 0.102. The van der Waals surface area contributed by atoms with Crippen molar-refractivity contribution in [2.75, 3.05) is 26.6 Å². The number of fused-ring (bicyclic) bond motifs is 1. The van der Waals surface area contributed by atoms with Gasteiger partial charge < -0.3 is 24.1 Å². The normalized spacial score (nSPS) is 10.5. The van der Waals surface area contributed by atoms with Crippen molar-refractivity contribution in [3.05, 3.63) is 58.4 Å². The molecule has 0 fully saturated rings. The highest BCUT2D eigenvalue weighted by Gasteiger charge is 2.16. The van der Waals surface area contributed by atoms with Crippen LogP contribution in [-0.2, 0) is 7.05 Å². The first kappa shape index (κ1) is 18.3. The molecule has 0 saturated carbocycles. The third-order valence-corrected chi connectivity index (χ3v) is 4.25. The van der Waals surface area contributed by atoms with Gasteiger partial charge in [0.1, 0.15) is 22.8 Å². The van der Waals surface area contributed by atoms with Gasteiger partial charge in [-0.2, -0.15) is 0 Å². The Balaban J connectivity index is 2.03. The predicted octanol–water partition coefficient (Wildman–Crippen LogP) is 2.82. The Bertz CT molecular complexity index is 1050. The molecule has 0 saturated heterocycles. The number of nitrogens with zero attached hydrogens (tertiary/aromatic N) is 1. The Morgan fingerprint density at radius 1 is 0.926 bits per heavy atom. The molecule has 0 radical (unpaired) electrons. The van der Waals surface area contributed by atoms with Gasteiger partial charge >= 0.3 is 0 Å². The number of nitrogens with one attached hydrogen (secondary N) is 1. The monoisotopic (exact) mass is 368 g/mol. The van der Waals surface area contributed by atoms with Crippen LogP contribution in [0, 0.1) is 0 Å². The second kappa shape index (κ2) is 7.41. The number of carbonyl (C=O) groups excluding carboxylic acids is 1. The summed E-state index contributed by atoms with van der Waals surface area (Å²) in [5.41, 5.74) is 0.832. The number of amides is 1. The van der Waals surface area contributed by atoms with Gasteiger partial charge in [0.15, 0.2) is 0 Å². The summed E-state index contributed by atoms with van der Waals surface area (Å²) in [6.07, 6.45) is 1.52. The van der Waals surface area contributed by atoms with E-state index < -0.39 is 5.91 Å². The van der Waals surface area contributed by atoms with Gasteiger partial charge in [0, 0.05) is 37.1 Å². The predicted molar refractivity (Wildman–Crippen MR) is 103 cm³/mol. The quantitative estimate of drug-likeness (QED) is 0.749. The van der Waals surface area contributed by atoms with E-state index in [1.54, 1.807) is 48.0 Å². The minimum Gasteiger partial charge on any atom is -0.497 e. The maximum atomic E-state index is 12.8. The lowest BCUT2D eigenvalue weighted by Gasteiger charge is -2.12. The zero-order valence-corrected chi connectivity index (χ0v) is 15.5. The Labute approximate surface area is 156 Å². The van der Waals surface area contributed by atoms with E-state index in [0.717, 1.165) is 0 Å². The number of anilines is 1. The van der Waals surface area contributed by atoms with Crippen LogP contribution in [-0.4, -0.2) is 31.8 Å². The molecule has 1 heterocycles. The molecule has 140 valence electrons. The van der Waals surface area contributed by atoms with Crippen LogP contribution in [0.4, 0.5) is 5.69 Å². The van der Waals surface area contributed by atoms with Crippen molar-refractivity contribution >= 4 is 22.5 Å². The molecule has 0 unspecified atom stereocenters. The van der Waals surface area contributed by atoms with Crippen molar-refractivity contribution < 1.29 is 19.0 Å². The standard InChI is InChI=1S/C20H20N2O5/c1-22-11-17(19(23)16-10-13(25-2)5-6-18(16)22)20(24)21-12-7-14(26-3)9-15(8-12)27-4/h5-11H,1-4H3,(H,21,24). The molecular weight excluding hydrogens is 348 g/mol. The van der Waals surface area contributed by atoms with Crippen molar-refractivity contribution in [2.45, 2.75) is 0 Å². The minimum atomic E-state index is -0.518. The van der Waals surface area contributed by atoms with E-state index in [2.05, 4.69) is 5.32 Å². The lowest BCUT2D eigenvalue weighted by Crippen LogP contribution is -2.23. The molecular formula is C20H20N2O5. The Hall–Kier alpha value is -3.48. The van der Waals surface area contributed by atoms with Gasteiger partial charge in [-0.3, -0.25) is 9.59 Å². The van der Waals surface area contributed by atoms with Crippen molar-refractivity contribution in [1.82, 2.24) is 4.57 Å². The van der Waals surface area contributed by atoms with E-state index in [1.807, 2.05) is 0 Å². The molecule has 0 aliphatic heterocycles. The zero-order valence-electron chi connectivity index (χ0n) is 15.5. The molecule has 0 atom stereocenters. The van der Waals surface area contributed by atoms with Gasteiger partial charge in [-0.25, -0.2) is 0 Å². The highest BCUT2D eigenvalue weighted by Crippen LogP contribution is 2.26. The Morgan fingerprint density at radius 2 is 1.56 bits per heavy atom. The summed E-state index contributed by atoms with van der Waals surface area (Å²) < 4.78 is 17.3. The third-order valence-electron chi connectivity index (χ3n) is 4.25. The highest BCUT2D eigenvalue weighted by atomic mass is 16.5. The number of aromatic nitrogens is 1. The van der Waals surface area contributed by atoms with Gasteiger partial charge in [0.2, 0.25) is 5.43 Å². The molecule has 7 nitrogen and oxygen atoms in total. The Kier molecular flexibility index (Phi) is 5.03. The molecule has 7 heteroatoms. The highest BCUT2D eigenvalue weighted by molar-refractivity contribution is 6.06. The van der Waals surface area contributed by atoms with E-state index in [1.165, 1.54) is 27.5 Å². The molecule has 3 aromatic rings. The van der Waals surface area contributed by atoms with Crippen molar-refractivity contribution in [3.8, 4) is 17.2 Å². The number of benzene rings is 2. The maximum absolute atomic E-state index is 12.8. The summed E-state index contributed by atoms with van der Waals surface area (Å²) >= 11 is 0. The fourth-order valence-corrected chi connectivity index (χ4v) is 2.84. The largest absolute Gasteiger partial charge is 0.497 e.